The number of nitrogens with two attached hydrogens (primary N) is 1. The predicted octanol–water partition coefficient (Wildman–Crippen LogP) is 3.36. The van der Waals surface area contributed by atoms with Crippen molar-refractivity contribution in [2.75, 3.05) is 0 Å². The molecule has 0 spiro atoms. The molecule has 0 heterocycles. The van der Waals surface area contributed by atoms with Crippen molar-refractivity contribution in [3.63, 3.8) is 0 Å². The minimum atomic E-state index is -1.50. The van der Waals surface area contributed by atoms with Gasteiger partial charge < -0.3 is 25.8 Å². The minimum Gasteiger partial charge on any atom is -0.458 e. The number of hydrogen-bond donors (Lipinski definition) is 3. The highest BCUT2D eigenvalue weighted by Crippen LogP contribution is 2.24. The van der Waals surface area contributed by atoms with Gasteiger partial charge in [-0.1, -0.05) is 54.8 Å². The first-order valence-corrected chi connectivity index (χ1v) is 14.6. The first kappa shape index (κ1) is 36.9. The summed E-state index contributed by atoms with van der Waals surface area (Å²) < 4.78 is 10.9. The number of esters is 1. The molecule has 2 rings (SSSR count). The highest BCUT2D eigenvalue weighted by Gasteiger charge is 2.38. The van der Waals surface area contributed by atoms with E-state index in [0.29, 0.717) is 5.56 Å². The molecule has 0 aromatic heterocycles. The third-order valence-electron chi connectivity index (χ3n) is 6.24. The number of benzene rings is 2. The van der Waals surface area contributed by atoms with E-state index in [1.165, 1.54) is 12.1 Å². The third-order valence-corrected chi connectivity index (χ3v) is 6.24. The fraction of sp³-hybridized carbons (Fsp3) is 0.400. The molecule has 0 saturated heterocycles. The Balaban J connectivity index is 2.57. The van der Waals surface area contributed by atoms with Crippen molar-refractivity contribution in [1.29, 1.82) is 0 Å². The smallest absolute Gasteiger partial charge is 0.408 e. The Kier molecular flexibility index (Phi) is 13.0. The second-order valence-electron chi connectivity index (χ2n) is 12.5. The molecule has 244 valence electrons. The number of hydrogen-bond acceptors (Lipinski definition) is 7. The van der Waals surface area contributed by atoms with Crippen LogP contribution in [0.4, 0.5) is 4.79 Å². The van der Waals surface area contributed by atoms with E-state index in [-0.39, 0.29) is 24.8 Å². The molecule has 46 heavy (non-hydrogen) atoms. The quantitative estimate of drug-likeness (QED) is 0.184. The zero-order valence-electron chi connectivity index (χ0n) is 27.1. The van der Waals surface area contributed by atoms with Crippen molar-refractivity contribution in [1.82, 2.24) is 15.5 Å². The molecule has 3 atom stereocenters. The molecular formula is C35H42N4O7. The van der Waals surface area contributed by atoms with Gasteiger partial charge in [-0.25, -0.2) is 9.59 Å². The lowest BCUT2D eigenvalue weighted by Crippen LogP contribution is -2.53. The number of primary amides is 1. The summed E-state index contributed by atoms with van der Waals surface area (Å²) in [4.78, 5) is 66.5. The van der Waals surface area contributed by atoms with E-state index in [1.54, 1.807) is 77.9 Å². The van der Waals surface area contributed by atoms with Gasteiger partial charge in [0.25, 0.3) is 5.91 Å². The predicted molar refractivity (Wildman–Crippen MR) is 172 cm³/mol. The van der Waals surface area contributed by atoms with Gasteiger partial charge in [-0.15, -0.1) is 6.42 Å². The van der Waals surface area contributed by atoms with E-state index in [0.717, 1.165) is 10.5 Å². The number of amides is 4. The van der Waals surface area contributed by atoms with Crippen LogP contribution in [0.15, 0.2) is 54.6 Å². The third kappa shape index (κ3) is 12.0. The standard InChI is InChI=1S/C35H42N4O7/c1-9-23-16-18-25(19-17-23)29(30(41)37-27(32(43)45-34(3,4)5)22-24-14-12-11-13-15-24)39(10-2)31(42)26(20-21-28(36)40)38-33(44)46-35(6,7)8/h1-2,11-19,26-27,29H,20-22H2,3-8H3,(H2,36,40)(H,37,41)(H,38,44). The van der Waals surface area contributed by atoms with E-state index in [1.807, 2.05) is 6.07 Å². The van der Waals surface area contributed by atoms with Gasteiger partial charge in [0, 0.05) is 24.4 Å². The number of nitrogens with zero attached hydrogens (tertiary/aromatic N) is 1. The van der Waals surface area contributed by atoms with E-state index in [4.69, 9.17) is 28.1 Å². The lowest BCUT2D eigenvalue weighted by atomic mass is 9.99. The molecule has 0 bridgehead atoms. The Morgan fingerprint density at radius 1 is 0.848 bits per heavy atom. The highest BCUT2D eigenvalue weighted by molar-refractivity contribution is 5.95. The van der Waals surface area contributed by atoms with Gasteiger partial charge in [0.2, 0.25) is 11.8 Å². The van der Waals surface area contributed by atoms with Crippen LogP contribution in [0.2, 0.25) is 0 Å². The maximum absolute atomic E-state index is 14.1. The monoisotopic (exact) mass is 630 g/mol. The largest absolute Gasteiger partial charge is 0.458 e. The maximum Gasteiger partial charge on any atom is 0.408 e. The van der Waals surface area contributed by atoms with Crippen molar-refractivity contribution < 1.29 is 33.4 Å². The number of carbonyl (C=O) groups is 5. The zero-order chi connectivity index (χ0) is 34.7. The van der Waals surface area contributed by atoms with Crippen molar-refractivity contribution in [3.8, 4) is 24.8 Å². The summed E-state index contributed by atoms with van der Waals surface area (Å²) in [6.45, 7) is 10.0. The van der Waals surface area contributed by atoms with Crippen LogP contribution in [-0.4, -0.2) is 58.0 Å². The number of carbonyl (C=O) groups excluding carboxylic acids is 5. The Bertz CT molecular complexity index is 1480. The second kappa shape index (κ2) is 16.1. The van der Waals surface area contributed by atoms with Crippen molar-refractivity contribution >= 4 is 29.8 Å². The van der Waals surface area contributed by atoms with Crippen LogP contribution in [-0.2, 0) is 35.1 Å². The molecule has 2 aromatic carbocycles. The maximum atomic E-state index is 14.1. The van der Waals surface area contributed by atoms with Crippen LogP contribution < -0.4 is 16.4 Å². The molecule has 11 nitrogen and oxygen atoms in total. The molecular weight excluding hydrogens is 588 g/mol. The van der Waals surface area contributed by atoms with E-state index in [2.05, 4.69) is 22.6 Å². The summed E-state index contributed by atoms with van der Waals surface area (Å²) in [6, 6.07) is 13.4. The summed E-state index contributed by atoms with van der Waals surface area (Å²) in [7, 11) is 0. The fourth-order valence-electron chi connectivity index (χ4n) is 4.27. The van der Waals surface area contributed by atoms with E-state index < -0.39 is 59.1 Å². The van der Waals surface area contributed by atoms with Gasteiger partial charge in [0.1, 0.15) is 29.3 Å². The van der Waals surface area contributed by atoms with Crippen LogP contribution in [0.3, 0.4) is 0 Å². The topological polar surface area (TPSA) is 157 Å². The van der Waals surface area contributed by atoms with E-state index >= 15 is 0 Å². The summed E-state index contributed by atoms with van der Waals surface area (Å²) in [5.74, 6) is -0.645. The van der Waals surface area contributed by atoms with Crippen molar-refractivity contribution in [2.24, 2.45) is 5.73 Å². The molecule has 0 aliphatic carbocycles. The first-order valence-electron chi connectivity index (χ1n) is 14.6. The molecule has 4 amide bonds. The fourth-order valence-corrected chi connectivity index (χ4v) is 4.27. The number of nitrogens with one attached hydrogen (secondary N) is 2. The molecule has 3 unspecified atom stereocenters. The molecule has 4 N–H and O–H groups in total. The Labute approximate surface area is 270 Å². The lowest BCUT2D eigenvalue weighted by Gasteiger charge is -2.31. The number of rotatable bonds is 12. The molecule has 11 heteroatoms. The van der Waals surface area contributed by atoms with Gasteiger partial charge >= 0.3 is 12.1 Å². The minimum absolute atomic E-state index is 0.0790. The Morgan fingerprint density at radius 2 is 1.43 bits per heavy atom. The van der Waals surface area contributed by atoms with E-state index in [9.17, 15) is 24.0 Å². The van der Waals surface area contributed by atoms with Gasteiger partial charge in [0.15, 0.2) is 0 Å². The summed E-state index contributed by atoms with van der Waals surface area (Å²) >= 11 is 0. The number of ether oxygens (including phenoxy) is 2. The summed E-state index contributed by atoms with van der Waals surface area (Å²) in [5.41, 5.74) is 5.07. The lowest BCUT2D eigenvalue weighted by molar-refractivity contribution is -0.159. The zero-order valence-corrected chi connectivity index (χ0v) is 27.1. The highest BCUT2D eigenvalue weighted by atomic mass is 16.6. The van der Waals surface area contributed by atoms with Gasteiger partial charge in [0.05, 0.1) is 0 Å². The Morgan fingerprint density at radius 3 is 1.93 bits per heavy atom. The van der Waals surface area contributed by atoms with Crippen LogP contribution in [0, 0.1) is 24.8 Å². The molecule has 0 aliphatic heterocycles. The molecule has 0 saturated carbocycles. The molecule has 0 aliphatic rings. The molecule has 0 radical (unpaired) electrons. The van der Waals surface area contributed by atoms with Crippen LogP contribution >= 0.6 is 0 Å². The van der Waals surface area contributed by atoms with Crippen molar-refractivity contribution in [3.05, 3.63) is 71.3 Å². The van der Waals surface area contributed by atoms with Gasteiger partial charge in [-0.3, -0.25) is 19.3 Å². The number of alkyl carbamates (subject to hydrolysis) is 1. The van der Waals surface area contributed by atoms with Gasteiger partial charge in [-0.2, -0.15) is 0 Å². The van der Waals surface area contributed by atoms with Crippen molar-refractivity contribution in [2.45, 2.75) is 90.1 Å². The normalized spacial score (nSPS) is 13.0. The molecule has 0 fully saturated rings. The second-order valence-corrected chi connectivity index (χ2v) is 12.5. The average molecular weight is 631 g/mol. The SMILES string of the molecule is C#Cc1ccc(C(C(=O)NC(Cc2ccccc2)C(=O)OC(C)(C)C)N(C#C)C(=O)C(CCC(N)=O)NC(=O)OC(C)(C)C)cc1. The van der Waals surface area contributed by atoms with Gasteiger partial charge in [-0.05, 0) is 71.2 Å². The average Bonchev–Trinajstić information content (AvgIpc) is 2.96. The molecule has 2 aromatic rings. The van der Waals surface area contributed by atoms with Crippen LogP contribution in [0.25, 0.3) is 0 Å². The summed E-state index contributed by atoms with van der Waals surface area (Å²) in [5, 5.41) is 5.15. The van der Waals surface area contributed by atoms with Crippen LogP contribution in [0.1, 0.15) is 77.1 Å². The van der Waals surface area contributed by atoms with Crippen LogP contribution in [0.5, 0.6) is 0 Å². The Hall–Kier alpha value is -5.29. The summed E-state index contributed by atoms with van der Waals surface area (Å²) in [6.07, 6.45) is 9.98. The number of terminal acetylenes is 2. The first-order chi connectivity index (χ1) is 21.4.